The Labute approximate surface area is 113 Å². The van der Waals surface area contributed by atoms with Crippen LogP contribution in [0.15, 0.2) is 11.1 Å². The van der Waals surface area contributed by atoms with Gasteiger partial charge in [0, 0.05) is 0 Å². The Morgan fingerprint density at radius 3 is 2.39 bits per heavy atom. The van der Waals surface area contributed by atoms with Gasteiger partial charge in [-0.15, -0.1) is 13.2 Å². The molecule has 11 heteroatoms. The highest BCUT2D eigenvalue weighted by Crippen LogP contribution is 2.37. The van der Waals surface area contributed by atoms with Crippen LogP contribution in [0.5, 0.6) is 11.5 Å². The Bertz CT molecular complexity index is 561. The number of ether oxygens (including phenoxy) is 2. The van der Waals surface area contributed by atoms with Crippen molar-refractivity contribution in [3.05, 3.63) is 9.90 Å². The van der Waals surface area contributed by atoms with E-state index in [4.69, 9.17) is 5.14 Å². The molecule has 0 saturated carbocycles. The summed E-state index contributed by atoms with van der Waals surface area (Å²) in [4.78, 5) is 2.62. The molecule has 0 aliphatic rings. The summed E-state index contributed by atoms with van der Waals surface area (Å²) in [5, 5.41) is 4.84. The number of nitrogens with zero attached hydrogens (tertiary/aromatic N) is 1. The summed E-state index contributed by atoms with van der Waals surface area (Å²) in [7, 11) is -3.39. The first kappa shape index (κ1) is 15.2. The second kappa shape index (κ2) is 5.05. The van der Waals surface area contributed by atoms with Gasteiger partial charge in [-0.25, -0.2) is 18.5 Å². The number of sulfonamides is 1. The first-order chi connectivity index (χ1) is 8.06. The molecule has 6 nitrogen and oxygen atoms in total. The van der Waals surface area contributed by atoms with E-state index in [0.29, 0.717) is 6.20 Å². The molecule has 0 saturated heterocycles. The van der Waals surface area contributed by atoms with Crippen molar-refractivity contribution >= 4 is 32.6 Å². The van der Waals surface area contributed by atoms with Gasteiger partial charge in [0.15, 0.2) is 16.4 Å². The number of hydrogen-bond donors (Lipinski definition) is 1. The zero-order chi connectivity index (χ0) is 14.1. The lowest BCUT2D eigenvalue weighted by molar-refractivity contribution is -0.275. The number of methoxy groups -OCH3 is 1. The standard InChI is InChI=1S/C7H6F3IN2O4S/c1-16-4-5(18(12,14)15)3(2-13-6(4)11)17-7(8,9)10/h2H,1H3,(H2,12,14,15). The first-order valence-corrected chi connectivity index (χ1v) is 6.70. The molecule has 0 spiro atoms. The SMILES string of the molecule is COc1c(I)ncc(OC(F)(F)F)c1S(N)(=O)=O. The predicted molar refractivity (Wildman–Crippen MR) is 61.6 cm³/mol. The number of hydrogen-bond acceptors (Lipinski definition) is 5. The van der Waals surface area contributed by atoms with Crippen molar-refractivity contribution in [2.75, 3.05) is 7.11 Å². The second-order valence-electron chi connectivity index (χ2n) is 2.87. The fraction of sp³-hybridized carbons (Fsp3) is 0.286. The number of pyridine rings is 1. The number of primary sulfonamides is 1. The fourth-order valence-corrected chi connectivity index (χ4v) is 2.71. The maximum absolute atomic E-state index is 12.1. The van der Waals surface area contributed by atoms with Crippen LogP contribution in [0.4, 0.5) is 13.2 Å². The minimum absolute atomic E-state index is 0.0358. The van der Waals surface area contributed by atoms with E-state index in [-0.39, 0.29) is 3.70 Å². The van der Waals surface area contributed by atoms with Gasteiger partial charge in [-0.05, 0) is 22.6 Å². The van der Waals surface area contributed by atoms with Crippen LogP contribution in [0, 0.1) is 3.70 Å². The van der Waals surface area contributed by atoms with E-state index >= 15 is 0 Å². The fourth-order valence-electron chi connectivity index (χ4n) is 1.08. The summed E-state index contributed by atoms with van der Waals surface area (Å²) in [6.45, 7) is 0. The minimum atomic E-state index is -5.07. The molecule has 102 valence electrons. The van der Waals surface area contributed by atoms with Gasteiger partial charge in [-0.2, -0.15) is 0 Å². The Balaban J connectivity index is 3.54. The second-order valence-corrected chi connectivity index (χ2v) is 5.39. The largest absolute Gasteiger partial charge is 0.573 e. The monoisotopic (exact) mass is 398 g/mol. The van der Waals surface area contributed by atoms with E-state index in [1.54, 1.807) is 22.6 Å². The molecule has 1 aromatic heterocycles. The van der Waals surface area contributed by atoms with Crippen molar-refractivity contribution in [2.24, 2.45) is 5.14 Å². The van der Waals surface area contributed by atoms with E-state index < -0.39 is 32.8 Å². The summed E-state index contributed by atoms with van der Waals surface area (Å²) < 4.78 is 67.2. The molecule has 2 N–H and O–H groups in total. The number of halogens is 4. The van der Waals surface area contributed by atoms with Gasteiger partial charge in [0.1, 0.15) is 3.70 Å². The highest BCUT2D eigenvalue weighted by molar-refractivity contribution is 14.1. The molecule has 0 aliphatic carbocycles. The van der Waals surface area contributed by atoms with Crippen LogP contribution >= 0.6 is 22.6 Å². The molecule has 18 heavy (non-hydrogen) atoms. The maximum atomic E-state index is 12.1. The summed E-state index contributed by atoms with van der Waals surface area (Å²) in [6, 6.07) is 0. The van der Waals surface area contributed by atoms with Crippen molar-refractivity contribution in [2.45, 2.75) is 11.3 Å². The van der Waals surface area contributed by atoms with Gasteiger partial charge in [0.25, 0.3) is 0 Å². The van der Waals surface area contributed by atoms with Crippen LogP contribution in [0.25, 0.3) is 0 Å². The van der Waals surface area contributed by atoms with Gasteiger partial charge in [-0.1, -0.05) is 0 Å². The van der Waals surface area contributed by atoms with Crippen LogP contribution in [0.1, 0.15) is 0 Å². The minimum Gasteiger partial charge on any atom is -0.492 e. The smallest absolute Gasteiger partial charge is 0.492 e. The number of rotatable bonds is 3. The van der Waals surface area contributed by atoms with Crippen molar-refractivity contribution in [1.29, 1.82) is 0 Å². The molecule has 1 rings (SSSR count). The zero-order valence-corrected chi connectivity index (χ0v) is 11.6. The Morgan fingerprint density at radius 1 is 1.44 bits per heavy atom. The summed E-state index contributed by atoms with van der Waals surface area (Å²) in [5.41, 5.74) is 0. The molecule has 0 aliphatic heterocycles. The van der Waals surface area contributed by atoms with Crippen LogP contribution in [0.2, 0.25) is 0 Å². The van der Waals surface area contributed by atoms with Crippen LogP contribution in [-0.4, -0.2) is 26.9 Å². The first-order valence-electron chi connectivity index (χ1n) is 4.07. The Hall–Kier alpha value is -0.820. The molecule has 1 heterocycles. The molecule has 0 bridgehead atoms. The van der Waals surface area contributed by atoms with E-state index in [0.717, 1.165) is 7.11 Å². The van der Waals surface area contributed by atoms with Crippen molar-refractivity contribution in [3.63, 3.8) is 0 Å². The summed E-state index contributed by atoms with van der Waals surface area (Å²) in [6.07, 6.45) is -4.46. The van der Waals surface area contributed by atoms with Crippen molar-refractivity contribution < 1.29 is 31.1 Å². The molecular weight excluding hydrogens is 392 g/mol. The average Bonchev–Trinajstić information content (AvgIpc) is 2.16. The molecule has 1 aromatic rings. The molecule has 0 radical (unpaired) electrons. The highest BCUT2D eigenvalue weighted by Gasteiger charge is 2.35. The quantitative estimate of drug-likeness (QED) is 0.611. The molecule has 0 atom stereocenters. The molecule has 0 fully saturated rings. The molecule has 0 aromatic carbocycles. The van der Waals surface area contributed by atoms with Gasteiger partial charge in [0.2, 0.25) is 10.0 Å². The topological polar surface area (TPSA) is 91.5 Å². The molecular formula is C7H6F3IN2O4S. The normalized spacial score (nSPS) is 12.3. The van der Waals surface area contributed by atoms with Crippen LogP contribution in [0.3, 0.4) is 0 Å². The van der Waals surface area contributed by atoms with Gasteiger partial charge in [0.05, 0.1) is 13.3 Å². The summed E-state index contributed by atoms with van der Waals surface area (Å²) in [5.74, 6) is -1.44. The van der Waals surface area contributed by atoms with E-state index in [1.165, 1.54) is 0 Å². The van der Waals surface area contributed by atoms with Gasteiger partial charge >= 0.3 is 6.36 Å². The number of nitrogens with two attached hydrogens (primary N) is 1. The average molecular weight is 398 g/mol. The third kappa shape index (κ3) is 3.58. The molecule has 0 unspecified atom stereocenters. The van der Waals surface area contributed by atoms with Gasteiger partial charge in [-0.3, -0.25) is 0 Å². The number of aromatic nitrogens is 1. The van der Waals surface area contributed by atoms with E-state index in [1.807, 2.05) is 0 Å². The lowest BCUT2D eigenvalue weighted by Gasteiger charge is -2.14. The van der Waals surface area contributed by atoms with Crippen LogP contribution < -0.4 is 14.6 Å². The van der Waals surface area contributed by atoms with Crippen LogP contribution in [-0.2, 0) is 10.0 Å². The van der Waals surface area contributed by atoms with Crippen molar-refractivity contribution in [1.82, 2.24) is 4.98 Å². The third-order valence-corrected chi connectivity index (χ3v) is 3.35. The lowest BCUT2D eigenvalue weighted by atomic mass is 10.4. The van der Waals surface area contributed by atoms with E-state index in [2.05, 4.69) is 14.5 Å². The van der Waals surface area contributed by atoms with Crippen molar-refractivity contribution in [3.8, 4) is 11.5 Å². The van der Waals surface area contributed by atoms with Gasteiger partial charge < -0.3 is 9.47 Å². The maximum Gasteiger partial charge on any atom is 0.573 e. The number of alkyl halides is 3. The highest BCUT2D eigenvalue weighted by atomic mass is 127. The zero-order valence-electron chi connectivity index (χ0n) is 8.66. The Morgan fingerprint density at radius 2 is 2.00 bits per heavy atom. The predicted octanol–water partition coefficient (Wildman–Crippen LogP) is 1.24. The Kier molecular flexibility index (Phi) is 4.27. The third-order valence-electron chi connectivity index (χ3n) is 1.63. The summed E-state index contributed by atoms with van der Waals surface area (Å²) >= 11 is 1.59. The lowest BCUT2D eigenvalue weighted by Crippen LogP contribution is -2.22. The van der Waals surface area contributed by atoms with E-state index in [9.17, 15) is 21.6 Å². The molecule has 0 amide bonds.